The van der Waals surface area contributed by atoms with Gasteiger partial charge in [0.15, 0.2) is 5.09 Å². The van der Waals surface area contributed by atoms with Gasteiger partial charge in [-0.1, -0.05) is 47.3 Å². The van der Waals surface area contributed by atoms with Gasteiger partial charge in [-0.25, -0.2) is 0 Å². The van der Waals surface area contributed by atoms with Crippen LogP contribution in [0.3, 0.4) is 0 Å². The number of hydrogen-bond donors (Lipinski definition) is 0. The summed E-state index contributed by atoms with van der Waals surface area (Å²) in [6.45, 7) is 0. The lowest BCUT2D eigenvalue weighted by molar-refractivity contribution is 0.346. The normalized spacial score (nSPS) is 10.4. The van der Waals surface area contributed by atoms with Gasteiger partial charge in [-0.15, -0.1) is 0 Å². The van der Waals surface area contributed by atoms with Crippen molar-refractivity contribution in [2.24, 2.45) is 0 Å². The van der Waals surface area contributed by atoms with Crippen molar-refractivity contribution in [3.8, 4) is 0 Å². The Morgan fingerprint density at radius 3 is 2.71 bits per heavy atom. The average Bonchev–Trinajstić information content (AvgIpc) is 2.67. The second kappa shape index (κ2) is 4.33. The van der Waals surface area contributed by atoms with Crippen LogP contribution in [0.15, 0.2) is 46.0 Å². The molecule has 0 aliphatic rings. The fraction of sp³-hybridized carbons (Fsp3) is 0.182. The Morgan fingerprint density at radius 1 is 1.29 bits per heavy atom. The van der Waals surface area contributed by atoms with Crippen molar-refractivity contribution >= 4 is 11.8 Å². The maximum atomic E-state index is 5.10. The molecule has 0 N–H and O–H groups in total. The molecule has 0 fully saturated rings. The smallest absolute Gasteiger partial charge is 0.193 e. The predicted molar refractivity (Wildman–Crippen MR) is 57.5 cm³/mol. The largest absolute Gasteiger partial charge is 0.350 e. The topological polar surface area (TPSA) is 26.0 Å². The summed E-state index contributed by atoms with van der Waals surface area (Å²) in [7, 11) is 0. The fourth-order valence-corrected chi connectivity index (χ4v) is 1.64. The van der Waals surface area contributed by atoms with Crippen LogP contribution >= 0.6 is 11.8 Å². The van der Waals surface area contributed by atoms with Crippen LogP contribution < -0.4 is 0 Å². The van der Waals surface area contributed by atoms with Crippen molar-refractivity contribution in [1.29, 1.82) is 0 Å². The van der Waals surface area contributed by atoms with Gasteiger partial charge >= 0.3 is 0 Å². The maximum Gasteiger partial charge on any atom is 0.193 e. The van der Waals surface area contributed by atoms with E-state index >= 15 is 0 Å². The molecule has 0 bridgehead atoms. The summed E-state index contributed by atoms with van der Waals surface area (Å²) in [5.41, 5.74) is 2.24. The number of benzene rings is 1. The molecule has 0 atom stereocenters. The highest BCUT2D eigenvalue weighted by Crippen LogP contribution is 2.17. The third kappa shape index (κ3) is 2.17. The lowest BCUT2D eigenvalue weighted by Gasteiger charge is -1.94. The van der Waals surface area contributed by atoms with Crippen molar-refractivity contribution in [2.45, 2.75) is 11.5 Å². The summed E-state index contributed by atoms with van der Waals surface area (Å²) in [6.07, 6.45) is 2.82. The van der Waals surface area contributed by atoms with Gasteiger partial charge in [0.05, 0.1) is 5.69 Å². The van der Waals surface area contributed by atoms with Gasteiger partial charge in [0.25, 0.3) is 0 Å². The quantitative estimate of drug-likeness (QED) is 0.720. The molecule has 2 nitrogen and oxygen atoms in total. The number of thioether (sulfide) groups is 1. The first-order chi connectivity index (χ1) is 6.88. The molecular formula is C11H11NOS. The fourth-order valence-electron chi connectivity index (χ4n) is 1.28. The molecule has 1 aromatic carbocycles. The Balaban J connectivity index is 2.11. The van der Waals surface area contributed by atoms with E-state index in [1.54, 1.807) is 11.8 Å². The Kier molecular flexibility index (Phi) is 2.89. The molecule has 2 aromatic rings. The van der Waals surface area contributed by atoms with Gasteiger partial charge in [0, 0.05) is 12.5 Å². The molecule has 1 aromatic heterocycles. The molecule has 3 heteroatoms. The van der Waals surface area contributed by atoms with Crippen molar-refractivity contribution < 1.29 is 4.52 Å². The standard InChI is InChI=1S/C11H11NOS/c1-14-11-8-10(12-13-11)7-9-5-3-2-4-6-9/h2-6,8H,7H2,1H3. The van der Waals surface area contributed by atoms with Gasteiger partial charge < -0.3 is 4.52 Å². The van der Waals surface area contributed by atoms with Crippen LogP contribution in [0.1, 0.15) is 11.3 Å². The van der Waals surface area contributed by atoms with Gasteiger partial charge in [-0.2, -0.15) is 0 Å². The molecule has 0 aliphatic carbocycles. The van der Waals surface area contributed by atoms with Crippen molar-refractivity contribution in [1.82, 2.24) is 5.16 Å². The van der Waals surface area contributed by atoms with Crippen molar-refractivity contribution in [3.63, 3.8) is 0 Å². The number of rotatable bonds is 3. The van der Waals surface area contributed by atoms with E-state index in [4.69, 9.17) is 4.52 Å². The average molecular weight is 205 g/mol. The van der Waals surface area contributed by atoms with Crippen molar-refractivity contribution in [3.05, 3.63) is 47.7 Å². The molecule has 14 heavy (non-hydrogen) atoms. The SMILES string of the molecule is CSc1cc(Cc2ccccc2)no1. The molecule has 0 radical (unpaired) electrons. The number of hydrogen-bond acceptors (Lipinski definition) is 3. The molecule has 0 unspecified atom stereocenters. The Bertz CT molecular complexity index is 397. The maximum absolute atomic E-state index is 5.10. The molecule has 0 aliphatic heterocycles. The summed E-state index contributed by atoms with van der Waals surface area (Å²) in [5.74, 6) is 0. The highest BCUT2D eigenvalue weighted by Gasteiger charge is 2.03. The van der Waals surface area contributed by atoms with E-state index in [0.29, 0.717) is 0 Å². The zero-order valence-electron chi connectivity index (χ0n) is 7.93. The van der Waals surface area contributed by atoms with E-state index in [0.717, 1.165) is 17.2 Å². The summed E-state index contributed by atoms with van der Waals surface area (Å²) < 4.78 is 5.10. The molecule has 0 amide bonds. The molecule has 72 valence electrons. The van der Waals surface area contributed by atoms with E-state index < -0.39 is 0 Å². The van der Waals surface area contributed by atoms with E-state index in [1.165, 1.54) is 5.56 Å². The monoisotopic (exact) mass is 205 g/mol. The van der Waals surface area contributed by atoms with Crippen LogP contribution in [0.5, 0.6) is 0 Å². The van der Waals surface area contributed by atoms with Crippen molar-refractivity contribution in [2.75, 3.05) is 6.26 Å². The predicted octanol–water partition coefficient (Wildman–Crippen LogP) is 2.99. The Morgan fingerprint density at radius 2 is 2.07 bits per heavy atom. The second-order valence-corrected chi connectivity index (χ2v) is 3.81. The molecule has 0 saturated carbocycles. The van der Waals surface area contributed by atoms with Gasteiger partial charge in [-0.05, 0) is 11.8 Å². The number of nitrogens with zero attached hydrogens (tertiary/aromatic N) is 1. The summed E-state index contributed by atoms with van der Waals surface area (Å²) in [5, 5.41) is 4.86. The minimum Gasteiger partial charge on any atom is -0.350 e. The second-order valence-electron chi connectivity index (χ2n) is 3.00. The van der Waals surface area contributed by atoms with Crippen LogP contribution in [0, 0.1) is 0 Å². The van der Waals surface area contributed by atoms with Crippen LogP contribution in [-0.2, 0) is 6.42 Å². The third-order valence-electron chi connectivity index (χ3n) is 1.97. The summed E-state index contributed by atoms with van der Waals surface area (Å²) in [4.78, 5) is 0. The highest BCUT2D eigenvalue weighted by atomic mass is 32.2. The van der Waals surface area contributed by atoms with E-state index in [-0.39, 0.29) is 0 Å². The molecule has 2 rings (SSSR count). The van der Waals surface area contributed by atoms with Gasteiger partial charge in [-0.3, -0.25) is 0 Å². The first-order valence-electron chi connectivity index (χ1n) is 4.42. The lowest BCUT2D eigenvalue weighted by atomic mass is 10.1. The molecular weight excluding hydrogens is 194 g/mol. The van der Waals surface area contributed by atoms with Crippen LogP contribution in [-0.4, -0.2) is 11.4 Å². The molecule has 0 spiro atoms. The molecule has 1 heterocycles. The minimum absolute atomic E-state index is 0.838. The van der Waals surface area contributed by atoms with Crippen LogP contribution in [0.4, 0.5) is 0 Å². The highest BCUT2D eigenvalue weighted by molar-refractivity contribution is 7.98. The minimum atomic E-state index is 0.838. The number of aromatic nitrogens is 1. The summed E-state index contributed by atoms with van der Waals surface area (Å²) >= 11 is 1.57. The zero-order chi connectivity index (χ0) is 9.80. The van der Waals surface area contributed by atoms with E-state index in [1.807, 2.05) is 30.5 Å². The van der Waals surface area contributed by atoms with Gasteiger partial charge in [0.2, 0.25) is 0 Å². The van der Waals surface area contributed by atoms with Crippen LogP contribution in [0.2, 0.25) is 0 Å². The Hall–Kier alpha value is -1.22. The molecule has 0 saturated heterocycles. The van der Waals surface area contributed by atoms with E-state index in [2.05, 4.69) is 17.3 Å². The third-order valence-corrected chi connectivity index (χ3v) is 2.56. The first-order valence-corrected chi connectivity index (χ1v) is 5.64. The summed E-state index contributed by atoms with van der Waals surface area (Å²) in [6, 6.07) is 12.2. The Labute approximate surface area is 87.3 Å². The van der Waals surface area contributed by atoms with Crippen LogP contribution in [0.25, 0.3) is 0 Å². The zero-order valence-corrected chi connectivity index (χ0v) is 8.75. The van der Waals surface area contributed by atoms with Gasteiger partial charge in [0.1, 0.15) is 0 Å². The lowest BCUT2D eigenvalue weighted by Crippen LogP contribution is -1.86. The first kappa shape index (κ1) is 9.34. The van der Waals surface area contributed by atoms with E-state index in [9.17, 15) is 0 Å².